The van der Waals surface area contributed by atoms with Gasteiger partial charge in [-0.25, -0.2) is 14.8 Å². The molecule has 1 aliphatic rings. The van der Waals surface area contributed by atoms with E-state index < -0.39 is 17.0 Å². The number of hydrogen-bond donors (Lipinski definition) is 2. The minimum Gasteiger partial charge on any atom is -0.384 e. The molecule has 0 bridgehead atoms. The van der Waals surface area contributed by atoms with Crippen LogP contribution in [-0.4, -0.2) is 31.1 Å². The Kier molecular flexibility index (Phi) is 3.92. The van der Waals surface area contributed by atoms with Crippen molar-refractivity contribution in [3.63, 3.8) is 0 Å². The highest BCUT2D eigenvalue weighted by atomic mass is 32.2. The Bertz CT molecular complexity index is 1100. The van der Waals surface area contributed by atoms with Crippen molar-refractivity contribution in [3.05, 3.63) is 44.2 Å². The van der Waals surface area contributed by atoms with E-state index in [-0.39, 0.29) is 23.2 Å². The maximum atomic E-state index is 12.6. The van der Waals surface area contributed by atoms with E-state index in [9.17, 15) is 14.4 Å². The summed E-state index contributed by atoms with van der Waals surface area (Å²) in [5.74, 6) is -0.479. The van der Waals surface area contributed by atoms with Gasteiger partial charge in [-0.2, -0.15) is 0 Å². The highest BCUT2D eigenvalue weighted by Crippen LogP contribution is 2.35. The molecule has 128 valence electrons. The summed E-state index contributed by atoms with van der Waals surface area (Å²) < 4.78 is 2.20. The first-order valence-corrected chi connectivity index (χ1v) is 9.41. The number of ketones is 1. The van der Waals surface area contributed by atoms with Gasteiger partial charge in [-0.05, 0) is 24.3 Å². The Hall–Kier alpha value is -2.46. The lowest BCUT2D eigenvalue weighted by molar-refractivity contribution is 0.102. The van der Waals surface area contributed by atoms with Crippen LogP contribution in [0.1, 0.15) is 29.2 Å². The molecule has 25 heavy (non-hydrogen) atoms. The molecule has 3 aromatic heterocycles. The number of fused-ring (bicyclic) bond motifs is 1. The van der Waals surface area contributed by atoms with E-state index in [0.29, 0.717) is 5.03 Å². The molecular weight excluding hydrogens is 362 g/mol. The molecule has 0 aliphatic heterocycles. The van der Waals surface area contributed by atoms with Gasteiger partial charge in [0.15, 0.2) is 5.78 Å². The van der Waals surface area contributed by atoms with Crippen molar-refractivity contribution < 1.29 is 4.79 Å². The Morgan fingerprint density at radius 3 is 2.96 bits per heavy atom. The summed E-state index contributed by atoms with van der Waals surface area (Å²) in [5.41, 5.74) is 5.31. The van der Waals surface area contributed by atoms with Crippen LogP contribution in [0.4, 0.5) is 5.82 Å². The van der Waals surface area contributed by atoms with Gasteiger partial charge in [0, 0.05) is 6.04 Å². The molecule has 0 spiro atoms. The number of rotatable bonds is 5. The second-order valence-electron chi connectivity index (χ2n) is 5.65. The van der Waals surface area contributed by atoms with E-state index in [4.69, 9.17) is 5.73 Å². The van der Waals surface area contributed by atoms with E-state index in [1.807, 2.05) is 11.4 Å². The number of aromatic nitrogens is 4. The van der Waals surface area contributed by atoms with Crippen LogP contribution in [0.2, 0.25) is 0 Å². The normalized spacial score (nSPS) is 14.1. The fourth-order valence-electron chi connectivity index (χ4n) is 2.61. The molecule has 4 rings (SSSR count). The predicted octanol–water partition coefficient (Wildman–Crippen LogP) is 1.43. The Morgan fingerprint density at radius 2 is 2.20 bits per heavy atom. The lowest BCUT2D eigenvalue weighted by Crippen LogP contribution is -2.36. The van der Waals surface area contributed by atoms with Crippen LogP contribution in [0.25, 0.3) is 10.2 Å². The Labute approximate surface area is 149 Å². The second kappa shape index (κ2) is 6.12. The zero-order chi connectivity index (χ0) is 17.6. The number of anilines is 1. The standard InChI is InChI=1S/C15H13N5O3S2/c16-12-10(13(22)19-15(23)20(12)7-1-2-7)9(21)5-25-14-11-8(3-4-24-11)17-6-18-14/h3-4,6-7H,1-2,5,16H2,(H,19,22,23). The number of hydrogen-bond acceptors (Lipinski definition) is 8. The van der Waals surface area contributed by atoms with Crippen molar-refractivity contribution in [2.24, 2.45) is 0 Å². The Morgan fingerprint density at radius 1 is 1.40 bits per heavy atom. The molecule has 1 fully saturated rings. The van der Waals surface area contributed by atoms with Crippen molar-refractivity contribution in [1.82, 2.24) is 19.5 Å². The molecular formula is C15H13N5O3S2. The average Bonchev–Trinajstić information content (AvgIpc) is 3.27. The molecule has 0 unspecified atom stereocenters. The lowest BCUT2D eigenvalue weighted by Gasteiger charge is -2.10. The van der Waals surface area contributed by atoms with Gasteiger partial charge in [0.2, 0.25) is 0 Å². The fourth-order valence-corrected chi connectivity index (χ4v) is 4.42. The molecule has 3 heterocycles. The molecule has 1 aliphatic carbocycles. The van der Waals surface area contributed by atoms with Crippen LogP contribution in [0, 0.1) is 0 Å². The number of thiophene rings is 1. The maximum Gasteiger partial charge on any atom is 0.330 e. The number of thioether (sulfide) groups is 1. The van der Waals surface area contributed by atoms with E-state index in [1.165, 1.54) is 34.0 Å². The van der Waals surface area contributed by atoms with Crippen LogP contribution in [0.15, 0.2) is 32.4 Å². The summed E-state index contributed by atoms with van der Waals surface area (Å²) in [5, 5.41) is 2.58. The van der Waals surface area contributed by atoms with Crippen molar-refractivity contribution >= 4 is 44.9 Å². The van der Waals surface area contributed by atoms with E-state index in [0.717, 1.165) is 23.1 Å². The topological polar surface area (TPSA) is 124 Å². The van der Waals surface area contributed by atoms with Crippen molar-refractivity contribution in [2.75, 3.05) is 11.5 Å². The molecule has 0 amide bonds. The van der Waals surface area contributed by atoms with E-state index in [1.54, 1.807) is 0 Å². The molecule has 3 N–H and O–H groups in total. The minimum atomic E-state index is -0.742. The van der Waals surface area contributed by atoms with Crippen LogP contribution in [-0.2, 0) is 0 Å². The number of carbonyl (C=O) groups excluding carboxylic acids is 1. The number of aromatic amines is 1. The van der Waals surface area contributed by atoms with Crippen LogP contribution < -0.4 is 17.0 Å². The number of carbonyl (C=O) groups is 1. The molecule has 0 radical (unpaired) electrons. The molecule has 0 atom stereocenters. The van der Waals surface area contributed by atoms with Gasteiger partial charge >= 0.3 is 5.69 Å². The highest BCUT2D eigenvalue weighted by Gasteiger charge is 2.30. The SMILES string of the molecule is Nc1c(C(=O)CSc2ncnc3ccsc23)c(=O)[nH]c(=O)n1C1CC1. The minimum absolute atomic E-state index is 0.000163. The zero-order valence-electron chi connectivity index (χ0n) is 12.9. The first-order valence-electron chi connectivity index (χ1n) is 7.54. The third-order valence-corrected chi connectivity index (χ3v) is 5.95. The van der Waals surface area contributed by atoms with Gasteiger partial charge in [0.1, 0.15) is 22.7 Å². The third-order valence-electron chi connectivity index (χ3n) is 3.92. The van der Waals surface area contributed by atoms with Crippen LogP contribution in [0.3, 0.4) is 0 Å². The van der Waals surface area contributed by atoms with Gasteiger partial charge in [0.05, 0.1) is 16.0 Å². The van der Waals surface area contributed by atoms with Crippen LogP contribution >= 0.6 is 23.1 Å². The maximum absolute atomic E-state index is 12.6. The quantitative estimate of drug-likeness (QED) is 0.393. The number of H-pyrrole nitrogens is 1. The number of nitrogens with two attached hydrogens (primary N) is 1. The lowest BCUT2D eigenvalue weighted by atomic mass is 10.2. The summed E-state index contributed by atoms with van der Waals surface area (Å²) in [6.07, 6.45) is 3.07. The molecule has 1 saturated carbocycles. The molecule has 10 heteroatoms. The number of nitrogen functional groups attached to an aromatic ring is 1. The smallest absolute Gasteiger partial charge is 0.330 e. The summed E-state index contributed by atoms with van der Waals surface area (Å²) in [4.78, 5) is 47.1. The van der Waals surface area contributed by atoms with Crippen molar-refractivity contribution in [2.45, 2.75) is 23.9 Å². The largest absolute Gasteiger partial charge is 0.384 e. The summed E-state index contributed by atoms with van der Waals surface area (Å²) in [6, 6.07) is 1.85. The monoisotopic (exact) mass is 375 g/mol. The Balaban J connectivity index is 1.63. The highest BCUT2D eigenvalue weighted by molar-refractivity contribution is 8.00. The second-order valence-corrected chi connectivity index (χ2v) is 7.53. The third kappa shape index (κ3) is 2.87. The first kappa shape index (κ1) is 16.0. The number of nitrogens with one attached hydrogen (secondary N) is 1. The van der Waals surface area contributed by atoms with Gasteiger partial charge in [-0.15, -0.1) is 11.3 Å². The van der Waals surface area contributed by atoms with E-state index >= 15 is 0 Å². The predicted molar refractivity (Wildman–Crippen MR) is 96.5 cm³/mol. The summed E-state index contributed by atoms with van der Waals surface area (Å²) >= 11 is 2.71. The van der Waals surface area contributed by atoms with Gasteiger partial charge < -0.3 is 5.73 Å². The fraction of sp³-hybridized carbons (Fsp3) is 0.267. The van der Waals surface area contributed by atoms with Gasteiger partial charge in [-0.1, -0.05) is 11.8 Å². The number of nitrogens with zero attached hydrogens (tertiary/aromatic N) is 3. The van der Waals surface area contributed by atoms with Gasteiger partial charge in [-0.3, -0.25) is 19.1 Å². The molecule has 0 aromatic carbocycles. The zero-order valence-corrected chi connectivity index (χ0v) is 14.5. The van der Waals surface area contributed by atoms with Crippen molar-refractivity contribution in [1.29, 1.82) is 0 Å². The first-order chi connectivity index (χ1) is 12.1. The summed E-state index contributed by atoms with van der Waals surface area (Å²) in [6.45, 7) is 0. The average molecular weight is 375 g/mol. The van der Waals surface area contributed by atoms with E-state index in [2.05, 4.69) is 15.0 Å². The molecule has 0 saturated heterocycles. The van der Waals surface area contributed by atoms with Gasteiger partial charge in [0.25, 0.3) is 5.56 Å². The van der Waals surface area contributed by atoms with Crippen LogP contribution in [0.5, 0.6) is 0 Å². The summed E-state index contributed by atoms with van der Waals surface area (Å²) in [7, 11) is 0. The number of Topliss-reactive ketones (excluding diaryl/α,β-unsaturated/α-hetero) is 1. The molecule has 8 nitrogen and oxygen atoms in total. The van der Waals surface area contributed by atoms with Crippen molar-refractivity contribution in [3.8, 4) is 0 Å². The molecule has 3 aromatic rings.